The molecule has 0 aliphatic carbocycles. The number of ether oxygens (including phenoxy) is 1. The van der Waals surface area contributed by atoms with Crippen LogP contribution in [0.1, 0.15) is 43.4 Å². The van der Waals surface area contributed by atoms with Gasteiger partial charge < -0.3 is 10.1 Å². The van der Waals surface area contributed by atoms with E-state index in [1.165, 1.54) is 5.56 Å². The summed E-state index contributed by atoms with van der Waals surface area (Å²) in [6.45, 7) is 4.31. The SMILES string of the molecule is CNC(CC#N)c1cc(C(C)C)ccc1OC. The molecule has 1 rings (SSSR count). The molecule has 92 valence electrons. The topological polar surface area (TPSA) is 45.0 Å². The van der Waals surface area contributed by atoms with Crippen molar-refractivity contribution in [3.05, 3.63) is 29.3 Å². The van der Waals surface area contributed by atoms with Gasteiger partial charge in [0.2, 0.25) is 0 Å². The van der Waals surface area contributed by atoms with Crippen LogP contribution in [0.25, 0.3) is 0 Å². The van der Waals surface area contributed by atoms with Gasteiger partial charge in [-0.25, -0.2) is 0 Å². The first-order valence-electron chi connectivity index (χ1n) is 5.86. The van der Waals surface area contributed by atoms with Crippen LogP contribution in [-0.2, 0) is 0 Å². The molecule has 0 saturated heterocycles. The molecule has 0 spiro atoms. The Labute approximate surface area is 103 Å². The lowest BCUT2D eigenvalue weighted by Gasteiger charge is -2.19. The second kappa shape index (κ2) is 6.27. The Balaban J connectivity index is 3.17. The first-order valence-corrected chi connectivity index (χ1v) is 5.86. The number of nitrogens with zero attached hydrogens (tertiary/aromatic N) is 1. The summed E-state index contributed by atoms with van der Waals surface area (Å²) in [7, 11) is 3.52. The van der Waals surface area contributed by atoms with E-state index in [4.69, 9.17) is 10.00 Å². The standard InChI is InChI=1S/C14H20N2O/c1-10(2)11-5-6-14(17-4)12(9-11)13(16-3)7-8-15/h5-6,9-10,13,16H,7H2,1-4H3. The summed E-state index contributed by atoms with van der Waals surface area (Å²) < 4.78 is 5.36. The van der Waals surface area contributed by atoms with Crippen molar-refractivity contribution < 1.29 is 4.74 Å². The maximum Gasteiger partial charge on any atom is 0.123 e. The molecule has 0 amide bonds. The van der Waals surface area contributed by atoms with Gasteiger partial charge in [-0.2, -0.15) is 5.26 Å². The molecule has 1 N–H and O–H groups in total. The molecule has 0 saturated carbocycles. The number of hydrogen-bond donors (Lipinski definition) is 1. The fraction of sp³-hybridized carbons (Fsp3) is 0.500. The van der Waals surface area contributed by atoms with E-state index in [1.807, 2.05) is 13.1 Å². The molecule has 0 aromatic heterocycles. The van der Waals surface area contributed by atoms with Crippen molar-refractivity contribution in [3.8, 4) is 11.8 Å². The molecule has 17 heavy (non-hydrogen) atoms. The number of methoxy groups -OCH3 is 1. The third kappa shape index (κ3) is 3.21. The van der Waals surface area contributed by atoms with Crippen LogP contribution in [-0.4, -0.2) is 14.2 Å². The van der Waals surface area contributed by atoms with E-state index in [0.29, 0.717) is 12.3 Å². The van der Waals surface area contributed by atoms with E-state index < -0.39 is 0 Å². The first kappa shape index (κ1) is 13.5. The summed E-state index contributed by atoms with van der Waals surface area (Å²) in [6.07, 6.45) is 0.439. The molecule has 0 fully saturated rings. The van der Waals surface area contributed by atoms with Gasteiger partial charge >= 0.3 is 0 Å². The molecule has 0 aliphatic heterocycles. The van der Waals surface area contributed by atoms with Crippen molar-refractivity contribution in [2.24, 2.45) is 0 Å². The predicted octanol–water partition coefficient (Wildman–Crippen LogP) is 2.99. The van der Waals surface area contributed by atoms with Gasteiger partial charge in [0, 0.05) is 11.6 Å². The van der Waals surface area contributed by atoms with Gasteiger partial charge in [0.1, 0.15) is 5.75 Å². The number of hydrogen-bond acceptors (Lipinski definition) is 3. The average molecular weight is 232 g/mol. The number of benzene rings is 1. The van der Waals surface area contributed by atoms with Gasteiger partial charge in [0.15, 0.2) is 0 Å². The zero-order chi connectivity index (χ0) is 12.8. The monoisotopic (exact) mass is 232 g/mol. The van der Waals surface area contributed by atoms with E-state index in [0.717, 1.165) is 11.3 Å². The zero-order valence-corrected chi connectivity index (χ0v) is 10.9. The quantitative estimate of drug-likeness (QED) is 0.848. The summed E-state index contributed by atoms with van der Waals surface area (Å²) in [4.78, 5) is 0. The highest BCUT2D eigenvalue weighted by atomic mass is 16.5. The van der Waals surface area contributed by atoms with E-state index >= 15 is 0 Å². The Kier molecular flexibility index (Phi) is 4.99. The van der Waals surface area contributed by atoms with E-state index in [2.05, 4.69) is 37.4 Å². The molecule has 3 heteroatoms. The van der Waals surface area contributed by atoms with E-state index in [1.54, 1.807) is 7.11 Å². The summed E-state index contributed by atoms with van der Waals surface area (Å²) >= 11 is 0. The molecular weight excluding hydrogens is 212 g/mol. The summed E-state index contributed by atoms with van der Waals surface area (Å²) in [5, 5.41) is 12.0. The average Bonchev–Trinajstić information content (AvgIpc) is 2.35. The van der Waals surface area contributed by atoms with Crippen molar-refractivity contribution in [1.29, 1.82) is 5.26 Å². The summed E-state index contributed by atoms with van der Waals surface area (Å²) in [6, 6.07) is 8.40. The van der Waals surface area contributed by atoms with E-state index in [9.17, 15) is 0 Å². The summed E-state index contributed by atoms with van der Waals surface area (Å²) in [5.41, 5.74) is 2.32. The lowest BCUT2D eigenvalue weighted by molar-refractivity contribution is 0.401. The fourth-order valence-corrected chi connectivity index (χ4v) is 1.84. The van der Waals surface area contributed by atoms with Gasteiger partial charge in [-0.15, -0.1) is 0 Å². The molecule has 1 atom stereocenters. The highest BCUT2D eigenvalue weighted by Gasteiger charge is 2.15. The maximum absolute atomic E-state index is 8.84. The lowest BCUT2D eigenvalue weighted by atomic mass is 9.95. The van der Waals surface area contributed by atoms with Gasteiger partial charge in [0.25, 0.3) is 0 Å². The second-order valence-electron chi connectivity index (χ2n) is 4.36. The van der Waals surface area contributed by atoms with Gasteiger partial charge in [-0.05, 0) is 24.6 Å². The van der Waals surface area contributed by atoms with Crippen molar-refractivity contribution in [3.63, 3.8) is 0 Å². The van der Waals surface area contributed by atoms with Crippen LogP contribution in [0.3, 0.4) is 0 Å². The smallest absolute Gasteiger partial charge is 0.123 e. The number of nitriles is 1. The minimum Gasteiger partial charge on any atom is -0.496 e. The van der Waals surface area contributed by atoms with E-state index in [-0.39, 0.29) is 6.04 Å². The molecule has 1 unspecified atom stereocenters. The zero-order valence-electron chi connectivity index (χ0n) is 10.9. The number of nitrogens with one attached hydrogen (secondary N) is 1. The fourth-order valence-electron chi connectivity index (χ4n) is 1.84. The Bertz CT molecular complexity index is 407. The molecule has 0 bridgehead atoms. The van der Waals surface area contributed by atoms with Crippen LogP contribution in [0.4, 0.5) is 0 Å². The maximum atomic E-state index is 8.84. The minimum atomic E-state index is 0.0219. The molecule has 1 aromatic carbocycles. The first-order chi connectivity index (χ1) is 8.13. The van der Waals surface area contributed by atoms with Crippen LogP contribution in [0.5, 0.6) is 5.75 Å². The summed E-state index contributed by atoms with van der Waals surface area (Å²) in [5.74, 6) is 1.31. The Hall–Kier alpha value is -1.53. The van der Waals surface area contributed by atoms with Gasteiger partial charge in [0.05, 0.1) is 19.6 Å². The molecule has 1 aromatic rings. The highest BCUT2D eigenvalue weighted by Crippen LogP contribution is 2.30. The highest BCUT2D eigenvalue weighted by molar-refractivity contribution is 5.40. The van der Waals surface area contributed by atoms with Gasteiger partial charge in [-0.1, -0.05) is 26.0 Å². The largest absolute Gasteiger partial charge is 0.496 e. The van der Waals surface area contributed by atoms with Crippen molar-refractivity contribution in [2.75, 3.05) is 14.2 Å². The van der Waals surface area contributed by atoms with Crippen LogP contribution in [0.2, 0.25) is 0 Å². The molecule has 3 nitrogen and oxygen atoms in total. The predicted molar refractivity (Wildman–Crippen MR) is 69.1 cm³/mol. The number of rotatable bonds is 5. The second-order valence-corrected chi connectivity index (χ2v) is 4.36. The lowest BCUT2D eigenvalue weighted by Crippen LogP contribution is -2.17. The Morgan fingerprint density at radius 2 is 2.12 bits per heavy atom. The van der Waals surface area contributed by atoms with Crippen LogP contribution >= 0.6 is 0 Å². The Morgan fingerprint density at radius 1 is 1.41 bits per heavy atom. The molecule has 0 aliphatic rings. The molecule has 0 radical (unpaired) electrons. The molecule has 0 heterocycles. The minimum absolute atomic E-state index is 0.0219. The van der Waals surface area contributed by atoms with Gasteiger partial charge in [-0.3, -0.25) is 0 Å². The van der Waals surface area contributed by atoms with Crippen LogP contribution < -0.4 is 10.1 Å². The Morgan fingerprint density at radius 3 is 2.59 bits per heavy atom. The van der Waals surface area contributed by atoms with Crippen molar-refractivity contribution >= 4 is 0 Å². The normalized spacial score (nSPS) is 12.2. The van der Waals surface area contributed by atoms with Crippen molar-refractivity contribution in [1.82, 2.24) is 5.32 Å². The molecular formula is C14H20N2O. The van der Waals surface area contributed by atoms with Crippen LogP contribution in [0.15, 0.2) is 18.2 Å². The van der Waals surface area contributed by atoms with Crippen molar-refractivity contribution in [2.45, 2.75) is 32.2 Å². The third-order valence-electron chi connectivity index (χ3n) is 2.94. The van der Waals surface area contributed by atoms with Crippen LogP contribution in [0, 0.1) is 11.3 Å². The third-order valence-corrected chi connectivity index (χ3v) is 2.94.